The van der Waals surface area contributed by atoms with E-state index in [1.807, 2.05) is 49.4 Å². The lowest BCUT2D eigenvalue weighted by Crippen LogP contribution is -2.15. The van der Waals surface area contributed by atoms with Crippen molar-refractivity contribution in [1.82, 2.24) is 0 Å². The van der Waals surface area contributed by atoms with E-state index in [0.29, 0.717) is 0 Å². The van der Waals surface area contributed by atoms with Gasteiger partial charge in [0.15, 0.2) is 0 Å². The largest absolute Gasteiger partial charge is 0.489 e. The van der Waals surface area contributed by atoms with Crippen molar-refractivity contribution >= 4 is 21.7 Å². The molecule has 1 aromatic heterocycles. The van der Waals surface area contributed by atoms with Gasteiger partial charge in [-0.25, -0.2) is 0 Å². The zero-order valence-corrected chi connectivity index (χ0v) is 18.6. The first kappa shape index (κ1) is 22.5. The van der Waals surface area contributed by atoms with E-state index in [0.717, 1.165) is 21.9 Å². The van der Waals surface area contributed by atoms with Crippen LogP contribution < -0.4 is 14.9 Å². The van der Waals surface area contributed by atoms with Crippen LogP contribution in [0.4, 0.5) is 13.2 Å². The highest BCUT2D eigenvalue weighted by molar-refractivity contribution is 5.85. The topological polar surface area (TPSA) is 48.7 Å². The van der Waals surface area contributed by atoms with Crippen molar-refractivity contribution in [2.75, 3.05) is 0 Å². The summed E-state index contributed by atoms with van der Waals surface area (Å²) in [4.78, 5) is 13.0. The van der Waals surface area contributed by atoms with E-state index in [9.17, 15) is 18.0 Å². The summed E-state index contributed by atoms with van der Waals surface area (Å²) in [6, 6.07) is 24.1. The second-order valence-electron chi connectivity index (χ2n) is 8.09. The molecule has 0 aliphatic rings. The summed E-state index contributed by atoms with van der Waals surface area (Å²) in [5.41, 5.74) is 0.659. The first-order chi connectivity index (χ1) is 16.8. The average Bonchev–Trinajstić information content (AvgIpc) is 2.84. The summed E-state index contributed by atoms with van der Waals surface area (Å²) in [5, 5.41) is 2.02. The predicted molar refractivity (Wildman–Crippen MR) is 127 cm³/mol. The van der Waals surface area contributed by atoms with Crippen molar-refractivity contribution in [3.05, 3.63) is 112 Å². The minimum Gasteiger partial charge on any atom is -0.489 e. The quantitative estimate of drug-likeness (QED) is 0.261. The molecular weight excluding hydrogens is 457 g/mol. The molecule has 0 aliphatic heterocycles. The molecule has 4 aromatic carbocycles. The van der Waals surface area contributed by atoms with Crippen LogP contribution in [-0.4, -0.2) is 0 Å². The third-order valence-corrected chi connectivity index (χ3v) is 5.59. The minimum absolute atomic E-state index is 0.0439. The summed E-state index contributed by atoms with van der Waals surface area (Å²) in [6.45, 7) is 2.02. The van der Waals surface area contributed by atoms with E-state index in [1.165, 1.54) is 30.3 Å². The van der Waals surface area contributed by atoms with E-state index >= 15 is 0 Å². The molecule has 5 rings (SSSR count). The van der Waals surface area contributed by atoms with E-state index in [1.54, 1.807) is 12.1 Å². The minimum atomic E-state index is -4.94. The Kier molecular flexibility index (Phi) is 5.68. The van der Waals surface area contributed by atoms with Crippen LogP contribution in [0.3, 0.4) is 0 Å². The smallest absolute Gasteiger partial charge is 0.453 e. The van der Waals surface area contributed by atoms with Gasteiger partial charge >= 0.3 is 6.18 Å². The van der Waals surface area contributed by atoms with Gasteiger partial charge in [0.25, 0.3) is 5.76 Å². The number of aryl methyl sites for hydroxylation is 1. The number of hydrogen-bond donors (Lipinski definition) is 0. The molecule has 176 valence electrons. The summed E-state index contributed by atoms with van der Waals surface area (Å²) >= 11 is 0. The third kappa shape index (κ3) is 4.57. The summed E-state index contributed by atoms with van der Waals surface area (Å²) in [7, 11) is 0. The number of benzene rings is 4. The zero-order chi connectivity index (χ0) is 24.6. The molecule has 0 bridgehead atoms. The molecule has 0 amide bonds. The Hall–Kier alpha value is -4.26. The normalized spacial score (nSPS) is 11.7. The Labute approximate surface area is 198 Å². The average molecular weight is 476 g/mol. The maximum atomic E-state index is 13.8. The van der Waals surface area contributed by atoms with E-state index in [2.05, 4.69) is 0 Å². The Morgan fingerprint density at radius 2 is 1.54 bits per heavy atom. The highest BCUT2D eigenvalue weighted by Gasteiger charge is 2.40. The molecule has 7 heteroatoms. The molecule has 0 saturated heterocycles. The summed E-state index contributed by atoms with van der Waals surface area (Å²) < 4.78 is 57.7. The maximum Gasteiger partial charge on any atom is 0.453 e. The lowest BCUT2D eigenvalue weighted by atomic mass is 10.1. The van der Waals surface area contributed by atoms with E-state index in [4.69, 9.17) is 13.9 Å². The molecule has 0 saturated carbocycles. The van der Waals surface area contributed by atoms with Crippen LogP contribution in [0, 0.1) is 6.92 Å². The molecule has 1 heterocycles. The fourth-order valence-electron chi connectivity index (χ4n) is 3.83. The lowest BCUT2D eigenvalue weighted by molar-refractivity contribution is -0.154. The molecular formula is C28H19F3O4. The first-order valence-electron chi connectivity index (χ1n) is 10.8. The predicted octanol–water partition coefficient (Wildman–Crippen LogP) is 7.64. The van der Waals surface area contributed by atoms with Gasteiger partial charge < -0.3 is 13.9 Å². The van der Waals surface area contributed by atoms with Gasteiger partial charge in [-0.15, -0.1) is 0 Å². The van der Waals surface area contributed by atoms with Crippen LogP contribution in [0.5, 0.6) is 17.2 Å². The van der Waals surface area contributed by atoms with Crippen molar-refractivity contribution in [1.29, 1.82) is 0 Å². The Morgan fingerprint density at radius 3 is 2.31 bits per heavy atom. The van der Waals surface area contributed by atoms with Gasteiger partial charge in [-0.1, -0.05) is 60.2 Å². The van der Waals surface area contributed by atoms with Gasteiger partial charge in [-0.3, -0.25) is 4.79 Å². The van der Waals surface area contributed by atoms with Crippen molar-refractivity contribution < 1.29 is 27.1 Å². The Balaban J connectivity index is 1.51. The van der Waals surface area contributed by atoms with Gasteiger partial charge in [0.2, 0.25) is 11.2 Å². The molecule has 0 fully saturated rings. The van der Waals surface area contributed by atoms with Crippen molar-refractivity contribution in [2.24, 2.45) is 0 Å². The number of fused-ring (bicyclic) bond motifs is 2. The van der Waals surface area contributed by atoms with Crippen LogP contribution >= 0.6 is 0 Å². The molecule has 4 nitrogen and oxygen atoms in total. The van der Waals surface area contributed by atoms with Crippen LogP contribution in [-0.2, 0) is 12.8 Å². The lowest BCUT2D eigenvalue weighted by Gasteiger charge is -2.14. The highest BCUT2D eigenvalue weighted by Crippen LogP contribution is 2.38. The highest BCUT2D eigenvalue weighted by atomic mass is 19.4. The number of rotatable bonds is 5. The van der Waals surface area contributed by atoms with Gasteiger partial charge in [-0.05, 0) is 47.5 Å². The molecule has 0 aliphatic carbocycles. The Bertz CT molecular complexity index is 1580. The van der Waals surface area contributed by atoms with E-state index in [-0.39, 0.29) is 29.1 Å². The third-order valence-electron chi connectivity index (χ3n) is 5.59. The van der Waals surface area contributed by atoms with Crippen molar-refractivity contribution in [2.45, 2.75) is 19.7 Å². The van der Waals surface area contributed by atoms with Crippen molar-refractivity contribution in [3.63, 3.8) is 0 Å². The van der Waals surface area contributed by atoms with Crippen LogP contribution in [0.2, 0.25) is 0 Å². The standard InChI is InChI=1S/C28H19F3O4/c1-17-9-11-20(12-10-17)34-26-25(32)23-14-13-21(15-24(23)35-27(26)28(29,30)31)33-16-19-7-4-6-18-5-2-3-8-22(18)19/h2-15H,16H2,1H3. The molecule has 0 radical (unpaired) electrons. The maximum absolute atomic E-state index is 13.8. The number of hydrogen-bond acceptors (Lipinski definition) is 4. The molecule has 0 spiro atoms. The fourth-order valence-corrected chi connectivity index (χ4v) is 3.83. The monoisotopic (exact) mass is 476 g/mol. The first-order valence-corrected chi connectivity index (χ1v) is 10.8. The molecule has 5 aromatic rings. The van der Waals surface area contributed by atoms with Gasteiger partial charge in [0.05, 0.1) is 5.39 Å². The van der Waals surface area contributed by atoms with Gasteiger partial charge in [-0.2, -0.15) is 13.2 Å². The zero-order valence-electron chi connectivity index (χ0n) is 18.6. The molecule has 0 atom stereocenters. The Morgan fingerprint density at radius 1 is 0.829 bits per heavy atom. The summed E-state index contributed by atoms with van der Waals surface area (Å²) in [6.07, 6.45) is -4.94. The van der Waals surface area contributed by atoms with Gasteiger partial charge in [0.1, 0.15) is 23.7 Å². The molecule has 0 N–H and O–H groups in total. The summed E-state index contributed by atoms with van der Waals surface area (Å²) in [5.74, 6) is -2.03. The fraction of sp³-hybridized carbons (Fsp3) is 0.107. The van der Waals surface area contributed by atoms with Crippen LogP contribution in [0.15, 0.2) is 94.1 Å². The second-order valence-corrected chi connectivity index (χ2v) is 8.09. The van der Waals surface area contributed by atoms with Crippen molar-refractivity contribution in [3.8, 4) is 17.2 Å². The number of halogens is 3. The molecule has 35 heavy (non-hydrogen) atoms. The number of ether oxygens (including phenoxy) is 2. The van der Waals surface area contributed by atoms with E-state index < -0.39 is 23.1 Å². The number of alkyl halides is 3. The van der Waals surface area contributed by atoms with Gasteiger partial charge in [0, 0.05) is 6.07 Å². The molecule has 0 unspecified atom stereocenters. The SMILES string of the molecule is Cc1ccc(Oc2c(C(F)(F)F)oc3cc(OCc4cccc5ccccc45)ccc3c2=O)cc1. The van der Waals surface area contributed by atoms with Crippen LogP contribution in [0.1, 0.15) is 16.9 Å². The van der Waals surface area contributed by atoms with Crippen LogP contribution in [0.25, 0.3) is 21.7 Å². The second kappa shape index (κ2) is 8.83.